The van der Waals surface area contributed by atoms with Crippen LogP contribution in [0.3, 0.4) is 0 Å². The van der Waals surface area contributed by atoms with E-state index < -0.39 is 6.61 Å². The lowest BCUT2D eigenvalue weighted by Gasteiger charge is -2.15. The van der Waals surface area contributed by atoms with Gasteiger partial charge in [-0.05, 0) is 55.0 Å². The summed E-state index contributed by atoms with van der Waals surface area (Å²) in [6, 6.07) is 13.9. The van der Waals surface area contributed by atoms with E-state index in [0.29, 0.717) is 39.6 Å². The maximum Gasteiger partial charge on any atom is 0.387 e. The van der Waals surface area contributed by atoms with Gasteiger partial charge in [-0.15, -0.1) is 0 Å². The molecule has 6 rings (SSSR count). The van der Waals surface area contributed by atoms with Gasteiger partial charge in [0.05, 0.1) is 17.5 Å². The van der Waals surface area contributed by atoms with Crippen molar-refractivity contribution in [1.82, 2.24) is 34.9 Å². The second kappa shape index (κ2) is 9.19. The molecule has 182 valence electrons. The molecule has 37 heavy (non-hydrogen) atoms. The Morgan fingerprint density at radius 1 is 0.865 bits per heavy atom. The molecule has 0 radical (unpaired) electrons. The van der Waals surface area contributed by atoms with Crippen molar-refractivity contribution in [2.75, 3.05) is 5.32 Å². The number of aromatic amines is 1. The fourth-order valence-electron chi connectivity index (χ4n) is 4.25. The molecule has 0 bridgehead atoms. The maximum atomic E-state index is 12.5. The van der Waals surface area contributed by atoms with Crippen molar-refractivity contribution in [3.05, 3.63) is 79.3 Å². The van der Waals surface area contributed by atoms with Gasteiger partial charge in [0.1, 0.15) is 35.4 Å². The SMILES string of the molecule is Cc1ccc2c(Nc3ccc(OC(F)F)cc3)ncnc2c1-c1ncccc1-c1ncnc2nc[nH]c12. The highest BCUT2D eigenvalue weighted by molar-refractivity contribution is 6.04. The minimum Gasteiger partial charge on any atom is -0.435 e. The van der Waals surface area contributed by atoms with Crippen LogP contribution < -0.4 is 10.1 Å². The van der Waals surface area contributed by atoms with Gasteiger partial charge in [-0.1, -0.05) is 6.07 Å². The lowest BCUT2D eigenvalue weighted by molar-refractivity contribution is -0.0498. The highest BCUT2D eigenvalue weighted by atomic mass is 19.3. The molecular formula is C26H18F2N8O. The number of alkyl halides is 2. The number of pyridine rings is 1. The normalized spacial score (nSPS) is 11.4. The van der Waals surface area contributed by atoms with Crippen LogP contribution in [0.5, 0.6) is 5.75 Å². The standard InChI is InChI=1S/C26H18F2N8O/c1-14-4-9-18-21(30-11-33-24(18)36-15-5-7-16(8-6-15)37-26(27)28)19(14)20-17(3-2-10-29-20)22-23-25(34-12-31-22)35-13-32-23/h2-13,26H,1H3,(H,30,33,36)(H,31,32,34,35). The minimum atomic E-state index is -2.88. The van der Waals surface area contributed by atoms with Crippen molar-refractivity contribution in [1.29, 1.82) is 0 Å². The zero-order valence-electron chi connectivity index (χ0n) is 19.4. The summed E-state index contributed by atoms with van der Waals surface area (Å²) in [5.74, 6) is 0.633. The first-order valence-corrected chi connectivity index (χ1v) is 11.2. The molecule has 0 aliphatic carbocycles. The lowest BCUT2D eigenvalue weighted by Crippen LogP contribution is -2.02. The first-order chi connectivity index (χ1) is 18.1. The van der Waals surface area contributed by atoms with Crippen molar-refractivity contribution in [2.24, 2.45) is 0 Å². The minimum absolute atomic E-state index is 0.0739. The number of benzene rings is 2. The number of fused-ring (bicyclic) bond motifs is 2. The van der Waals surface area contributed by atoms with Crippen molar-refractivity contribution in [3.63, 3.8) is 0 Å². The molecular weight excluding hydrogens is 478 g/mol. The third-order valence-electron chi connectivity index (χ3n) is 5.88. The highest BCUT2D eigenvalue weighted by Crippen LogP contribution is 2.38. The Bertz CT molecular complexity index is 1740. The summed E-state index contributed by atoms with van der Waals surface area (Å²) in [6.07, 6.45) is 6.26. The predicted octanol–water partition coefficient (Wildman–Crippen LogP) is 5.68. The van der Waals surface area contributed by atoms with E-state index in [1.807, 2.05) is 31.2 Å². The second-order valence-corrected chi connectivity index (χ2v) is 8.13. The van der Waals surface area contributed by atoms with Gasteiger partial charge < -0.3 is 15.0 Å². The zero-order valence-corrected chi connectivity index (χ0v) is 19.4. The predicted molar refractivity (Wildman–Crippen MR) is 135 cm³/mol. The summed E-state index contributed by atoms with van der Waals surface area (Å²) in [4.78, 5) is 29.9. The Hall–Kier alpha value is -5.06. The van der Waals surface area contributed by atoms with Crippen molar-refractivity contribution >= 4 is 33.6 Å². The third kappa shape index (κ3) is 4.16. The number of aryl methyl sites for hydroxylation is 1. The number of nitrogens with zero attached hydrogens (tertiary/aromatic N) is 6. The molecule has 4 heterocycles. The molecule has 9 nitrogen and oxygen atoms in total. The van der Waals surface area contributed by atoms with Gasteiger partial charge in [-0.25, -0.2) is 24.9 Å². The van der Waals surface area contributed by atoms with E-state index in [1.54, 1.807) is 24.7 Å². The summed E-state index contributed by atoms with van der Waals surface area (Å²) in [6.45, 7) is -0.884. The molecule has 0 fully saturated rings. The average molecular weight is 496 g/mol. The first kappa shape index (κ1) is 22.4. The number of rotatable bonds is 6. The van der Waals surface area contributed by atoms with E-state index in [4.69, 9.17) is 4.98 Å². The van der Waals surface area contributed by atoms with Crippen LogP contribution >= 0.6 is 0 Å². The quantitative estimate of drug-likeness (QED) is 0.303. The van der Waals surface area contributed by atoms with Gasteiger partial charge in [-0.3, -0.25) is 4.98 Å². The van der Waals surface area contributed by atoms with E-state index in [0.717, 1.165) is 22.1 Å². The summed E-state index contributed by atoms with van der Waals surface area (Å²) in [7, 11) is 0. The number of halogens is 2. The van der Waals surface area contributed by atoms with Gasteiger partial charge >= 0.3 is 6.61 Å². The monoisotopic (exact) mass is 496 g/mol. The lowest BCUT2D eigenvalue weighted by atomic mass is 9.96. The average Bonchev–Trinajstić information content (AvgIpc) is 3.39. The van der Waals surface area contributed by atoms with Crippen molar-refractivity contribution < 1.29 is 13.5 Å². The number of imidazole rings is 1. The molecule has 11 heteroatoms. The van der Waals surface area contributed by atoms with Gasteiger partial charge in [0.25, 0.3) is 0 Å². The van der Waals surface area contributed by atoms with Crippen LogP contribution in [-0.2, 0) is 0 Å². The van der Waals surface area contributed by atoms with E-state index in [1.165, 1.54) is 24.8 Å². The van der Waals surface area contributed by atoms with E-state index in [2.05, 4.69) is 40.0 Å². The highest BCUT2D eigenvalue weighted by Gasteiger charge is 2.19. The van der Waals surface area contributed by atoms with Gasteiger partial charge in [-0.2, -0.15) is 8.78 Å². The fraction of sp³-hybridized carbons (Fsp3) is 0.0769. The molecule has 0 saturated carbocycles. The molecule has 2 aromatic carbocycles. The van der Waals surface area contributed by atoms with Gasteiger partial charge in [0.15, 0.2) is 5.65 Å². The Kier molecular flexibility index (Phi) is 5.56. The molecule has 0 atom stereocenters. The Labute approximate surface area is 208 Å². The summed E-state index contributed by atoms with van der Waals surface area (Å²) < 4.78 is 29.4. The van der Waals surface area contributed by atoms with Crippen LogP contribution in [-0.4, -0.2) is 41.5 Å². The maximum absolute atomic E-state index is 12.5. The first-order valence-electron chi connectivity index (χ1n) is 11.2. The third-order valence-corrected chi connectivity index (χ3v) is 5.88. The number of anilines is 2. The van der Waals surface area contributed by atoms with Gasteiger partial charge in [0.2, 0.25) is 0 Å². The number of H-pyrrole nitrogens is 1. The number of nitrogens with one attached hydrogen (secondary N) is 2. The van der Waals surface area contributed by atoms with Crippen molar-refractivity contribution in [3.8, 4) is 28.3 Å². The van der Waals surface area contributed by atoms with Crippen LogP contribution in [0.4, 0.5) is 20.3 Å². The Balaban J connectivity index is 1.47. The van der Waals surface area contributed by atoms with Crippen LogP contribution in [0, 0.1) is 6.92 Å². The molecule has 2 N–H and O–H groups in total. The smallest absolute Gasteiger partial charge is 0.387 e. The summed E-state index contributed by atoms with van der Waals surface area (Å²) in [5, 5.41) is 4.01. The van der Waals surface area contributed by atoms with Gasteiger partial charge in [0, 0.05) is 28.4 Å². The Morgan fingerprint density at radius 3 is 2.54 bits per heavy atom. The largest absolute Gasteiger partial charge is 0.435 e. The van der Waals surface area contributed by atoms with E-state index in [-0.39, 0.29) is 5.75 Å². The molecule has 0 spiro atoms. The summed E-state index contributed by atoms with van der Waals surface area (Å²) >= 11 is 0. The van der Waals surface area contributed by atoms with E-state index in [9.17, 15) is 8.78 Å². The van der Waals surface area contributed by atoms with Crippen LogP contribution in [0.15, 0.2) is 73.7 Å². The molecule has 0 amide bonds. The molecule has 6 aromatic rings. The fourth-order valence-corrected chi connectivity index (χ4v) is 4.25. The number of hydrogen-bond donors (Lipinski definition) is 2. The van der Waals surface area contributed by atoms with E-state index >= 15 is 0 Å². The topological polar surface area (TPSA) is 114 Å². The number of aromatic nitrogens is 7. The number of hydrogen-bond acceptors (Lipinski definition) is 8. The van der Waals surface area contributed by atoms with Crippen LogP contribution in [0.2, 0.25) is 0 Å². The molecule has 0 aliphatic heterocycles. The zero-order chi connectivity index (χ0) is 25.4. The summed E-state index contributed by atoms with van der Waals surface area (Å²) in [5.41, 5.74) is 6.64. The molecule has 0 saturated heterocycles. The molecule has 0 aliphatic rings. The Morgan fingerprint density at radius 2 is 1.70 bits per heavy atom. The van der Waals surface area contributed by atoms with Crippen LogP contribution in [0.25, 0.3) is 44.6 Å². The second-order valence-electron chi connectivity index (χ2n) is 8.13. The number of ether oxygens (including phenoxy) is 1. The molecule has 4 aromatic heterocycles. The van der Waals surface area contributed by atoms with Crippen LogP contribution in [0.1, 0.15) is 5.56 Å². The van der Waals surface area contributed by atoms with Crippen molar-refractivity contribution in [2.45, 2.75) is 13.5 Å². The molecule has 0 unspecified atom stereocenters.